The standard InChI is InChI=1S/C16H19ClIN3/c1-4-8-19-16-14(18)13(5-2)20-15(21-16)12-7-6-11(17)9-10(12)3/h6-7,9H,4-5,8H2,1-3H3,(H,19,20,21). The van der Waals surface area contributed by atoms with Gasteiger partial charge >= 0.3 is 0 Å². The van der Waals surface area contributed by atoms with Crippen molar-refractivity contribution in [2.75, 3.05) is 11.9 Å². The van der Waals surface area contributed by atoms with Gasteiger partial charge in [0.1, 0.15) is 5.82 Å². The molecule has 0 spiro atoms. The molecule has 0 amide bonds. The lowest BCUT2D eigenvalue weighted by molar-refractivity contribution is 0.942. The number of hydrogen-bond acceptors (Lipinski definition) is 3. The van der Waals surface area contributed by atoms with E-state index < -0.39 is 0 Å². The molecule has 2 rings (SSSR count). The van der Waals surface area contributed by atoms with Crippen molar-refractivity contribution in [2.45, 2.75) is 33.6 Å². The highest BCUT2D eigenvalue weighted by Crippen LogP contribution is 2.27. The third-order valence-electron chi connectivity index (χ3n) is 3.23. The van der Waals surface area contributed by atoms with Crippen LogP contribution in [-0.4, -0.2) is 16.5 Å². The van der Waals surface area contributed by atoms with Crippen LogP contribution in [-0.2, 0) is 6.42 Å². The highest BCUT2D eigenvalue weighted by Gasteiger charge is 2.13. The Kier molecular flexibility index (Phi) is 5.81. The smallest absolute Gasteiger partial charge is 0.162 e. The molecule has 1 aromatic carbocycles. The second-order valence-corrected chi connectivity index (χ2v) is 6.41. The second-order valence-electron chi connectivity index (χ2n) is 4.90. The first kappa shape index (κ1) is 16.5. The third kappa shape index (κ3) is 3.86. The summed E-state index contributed by atoms with van der Waals surface area (Å²) in [4.78, 5) is 9.42. The van der Waals surface area contributed by atoms with Crippen LogP contribution in [0.1, 0.15) is 31.5 Å². The maximum atomic E-state index is 6.03. The summed E-state index contributed by atoms with van der Waals surface area (Å²) in [5, 5.41) is 4.13. The predicted molar refractivity (Wildman–Crippen MR) is 98.1 cm³/mol. The van der Waals surface area contributed by atoms with Crippen LogP contribution in [0.5, 0.6) is 0 Å². The molecule has 0 aliphatic carbocycles. The van der Waals surface area contributed by atoms with Gasteiger partial charge in [-0.3, -0.25) is 0 Å². The number of anilines is 1. The maximum Gasteiger partial charge on any atom is 0.162 e. The molecule has 0 unspecified atom stereocenters. The van der Waals surface area contributed by atoms with E-state index in [4.69, 9.17) is 21.6 Å². The van der Waals surface area contributed by atoms with E-state index in [2.05, 4.69) is 41.8 Å². The van der Waals surface area contributed by atoms with Crippen molar-refractivity contribution in [3.63, 3.8) is 0 Å². The molecule has 0 fully saturated rings. The number of aryl methyl sites for hydroxylation is 2. The van der Waals surface area contributed by atoms with Gasteiger partial charge in [-0.2, -0.15) is 0 Å². The fourth-order valence-electron chi connectivity index (χ4n) is 2.09. The summed E-state index contributed by atoms with van der Waals surface area (Å²) >= 11 is 8.36. The summed E-state index contributed by atoms with van der Waals surface area (Å²) in [6.07, 6.45) is 1.96. The van der Waals surface area contributed by atoms with Crippen LogP contribution in [0.4, 0.5) is 5.82 Å². The molecule has 0 atom stereocenters. The van der Waals surface area contributed by atoms with Gasteiger partial charge in [0.2, 0.25) is 0 Å². The minimum absolute atomic E-state index is 0.738. The first-order valence-corrected chi connectivity index (χ1v) is 8.59. The Morgan fingerprint density at radius 2 is 2.00 bits per heavy atom. The SMILES string of the molecule is CCCNc1nc(-c2ccc(Cl)cc2C)nc(CC)c1I. The van der Waals surface area contributed by atoms with Gasteiger partial charge < -0.3 is 5.32 Å². The molecule has 0 aliphatic rings. The Bertz CT molecular complexity index is 644. The van der Waals surface area contributed by atoms with Crippen LogP contribution >= 0.6 is 34.2 Å². The summed E-state index contributed by atoms with van der Waals surface area (Å²) in [6.45, 7) is 7.21. The number of halogens is 2. The lowest BCUT2D eigenvalue weighted by Gasteiger charge is -2.13. The van der Waals surface area contributed by atoms with Crippen molar-refractivity contribution in [3.05, 3.63) is 38.0 Å². The van der Waals surface area contributed by atoms with Gasteiger partial charge in [-0.15, -0.1) is 0 Å². The minimum atomic E-state index is 0.738. The zero-order valence-corrected chi connectivity index (χ0v) is 15.4. The average Bonchev–Trinajstić information content (AvgIpc) is 2.46. The highest BCUT2D eigenvalue weighted by atomic mass is 127. The zero-order chi connectivity index (χ0) is 15.4. The van der Waals surface area contributed by atoms with E-state index >= 15 is 0 Å². The number of nitrogens with one attached hydrogen (secondary N) is 1. The average molecular weight is 416 g/mol. The van der Waals surface area contributed by atoms with E-state index in [1.165, 1.54) is 0 Å². The van der Waals surface area contributed by atoms with Gasteiger partial charge in [0.25, 0.3) is 0 Å². The molecule has 5 heteroatoms. The van der Waals surface area contributed by atoms with Gasteiger partial charge in [-0.1, -0.05) is 25.4 Å². The van der Waals surface area contributed by atoms with E-state index in [0.29, 0.717) is 0 Å². The van der Waals surface area contributed by atoms with E-state index in [1.807, 2.05) is 25.1 Å². The Morgan fingerprint density at radius 3 is 2.62 bits per heavy atom. The van der Waals surface area contributed by atoms with Gasteiger partial charge in [0.05, 0.1) is 9.26 Å². The highest BCUT2D eigenvalue weighted by molar-refractivity contribution is 14.1. The van der Waals surface area contributed by atoms with Crippen molar-refractivity contribution in [2.24, 2.45) is 0 Å². The number of aromatic nitrogens is 2. The molecule has 0 bridgehead atoms. The maximum absolute atomic E-state index is 6.03. The predicted octanol–water partition coefficient (Wildman–Crippen LogP) is 5.09. The van der Waals surface area contributed by atoms with Crippen LogP contribution in [0.25, 0.3) is 11.4 Å². The van der Waals surface area contributed by atoms with Gasteiger partial charge in [0, 0.05) is 17.1 Å². The number of benzene rings is 1. The van der Waals surface area contributed by atoms with E-state index in [9.17, 15) is 0 Å². The summed E-state index contributed by atoms with van der Waals surface area (Å²) in [5.41, 5.74) is 3.20. The fraction of sp³-hybridized carbons (Fsp3) is 0.375. The summed E-state index contributed by atoms with van der Waals surface area (Å²) in [6, 6.07) is 5.82. The minimum Gasteiger partial charge on any atom is -0.369 e. The van der Waals surface area contributed by atoms with E-state index in [0.717, 1.165) is 56.4 Å². The number of rotatable bonds is 5. The first-order valence-electron chi connectivity index (χ1n) is 7.13. The molecule has 0 radical (unpaired) electrons. The van der Waals surface area contributed by atoms with Crippen molar-refractivity contribution < 1.29 is 0 Å². The zero-order valence-electron chi connectivity index (χ0n) is 12.5. The number of nitrogens with zero attached hydrogens (tertiary/aromatic N) is 2. The van der Waals surface area contributed by atoms with Crippen LogP contribution < -0.4 is 5.32 Å². The lowest BCUT2D eigenvalue weighted by Crippen LogP contribution is -2.09. The van der Waals surface area contributed by atoms with Crippen LogP contribution in [0.2, 0.25) is 5.02 Å². The topological polar surface area (TPSA) is 37.8 Å². The molecular weight excluding hydrogens is 397 g/mol. The third-order valence-corrected chi connectivity index (χ3v) is 4.60. The molecular formula is C16H19ClIN3. The van der Waals surface area contributed by atoms with Crippen LogP contribution in [0.15, 0.2) is 18.2 Å². The Labute approximate surface area is 144 Å². The Hall–Kier alpha value is -0.880. The molecule has 3 nitrogen and oxygen atoms in total. The fourth-order valence-corrected chi connectivity index (χ4v) is 3.13. The molecule has 21 heavy (non-hydrogen) atoms. The quantitative estimate of drug-likeness (QED) is 0.691. The normalized spacial score (nSPS) is 10.7. The molecule has 2 aromatic rings. The molecule has 1 aromatic heterocycles. The van der Waals surface area contributed by atoms with Crippen molar-refractivity contribution >= 4 is 40.0 Å². The van der Waals surface area contributed by atoms with E-state index in [1.54, 1.807) is 0 Å². The second kappa shape index (κ2) is 7.40. The summed E-state index contributed by atoms with van der Waals surface area (Å²) in [7, 11) is 0. The van der Waals surface area contributed by atoms with Gasteiger partial charge in [-0.25, -0.2) is 9.97 Å². The Morgan fingerprint density at radius 1 is 1.24 bits per heavy atom. The molecule has 112 valence electrons. The van der Waals surface area contributed by atoms with Gasteiger partial charge in [0.15, 0.2) is 5.82 Å². The van der Waals surface area contributed by atoms with Crippen LogP contribution in [0, 0.1) is 10.5 Å². The molecule has 1 heterocycles. The van der Waals surface area contributed by atoms with Crippen molar-refractivity contribution in [3.8, 4) is 11.4 Å². The molecule has 0 aliphatic heterocycles. The Balaban J connectivity index is 2.52. The summed E-state index contributed by atoms with van der Waals surface area (Å²) in [5.74, 6) is 1.69. The van der Waals surface area contributed by atoms with Crippen molar-refractivity contribution in [1.82, 2.24) is 9.97 Å². The largest absolute Gasteiger partial charge is 0.369 e. The molecule has 1 N–H and O–H groups in total. The van der Waals surface area contributed by atoms with Crippen molar-refractivity contribution in [1.29, 1.82) is 0 Å². The molecule has 0 saturated carbocycles. The van der Waals surface area contributed by atoms with Gasteiger partial charge in [-0.05, 0) is 66.1 Å². The van der Waals surface area contributed by atoms with E-state index in [-0.39, 0.29) is 0 Å². The number of hydrogen-bond donors (Lipinski definition) is 1. The first-order chi connectivity index (χ1) is 10.1. The lowest BCUT2D eigenvalue weighted by atomic mass is 10.1. The van der Waals surface area contributed by atoms with Crippen LogP contribution in [0.3, 0.4) is 0 Å². The monoisotopic (exact) mass is 415 g/mol. The molecule has 0 saturated heterocycles. The summed E-state index contributed by atoms with van der Waals surface area (Å²) < 4.78 is 1.11.